The zero-order valence-electron chi connectivity index (χ0n) is 10.7. The highest BCUT2D eigenvalue weighted by molar-refractivity contribution is 7.99. The second-order valence-corrected chi connectivity index (χ2v) is 5.59. The molecule has 6 heteroatoms. The predicted octanol–water partition coefficient (Wildman–Crippen LogP) is 2.85. The van der Waals surface area contributed by atoms with E-state index < -0.39 is 0 Å². The van der Waals surface area contributed by atoms with Gasteiger partial charge in [-0.1, -0.05) is 17.7 Å². The van der Waals surface area contributed by atoms with E-state index in [1.807, 2.05) is 30.5 Å². The summed E-state index contributed by atoms with van der Waals surface area (Å²) in [5, 5.41) is 0.748. The fourth-order valence-electron chi connectivity index (χ4n) is 1.83. The number of imidazole rings is 1. The van der Waals surface area contributed by atoms with Crippen LogP contribution in [0.5, 0.6) is 0 Å². The van der Waals surface area contributed by atoms with Crippen LogP contribution in [0.1, 0.15) is 18.8 Å². The third kappa shape index (κ3) is 3.73. The van der Waals surface area contributed by atoms with Crippen molar-refractivity contribution >= 4 is 23.4 Å². The highest BCUT2D eigenvalue weighted by Gasteiger charge is 2.15. The van der Waals surface area contributed by atoms with Crippen LogP contribution in [-0.4, -0.2) is 15.3 Å². The van der Waals surface area contributed by atoms with Gasteiger partial charge in [-0.2, -0.15) is 0 Å². The molecule has 0 spiro atoms. The van der Waals surface area contributed by atoms with Crippen molar-refractivity contribution in [2.45, 2.75) is 24.4 Å². The molecule has 102 valence electrons. The van der Waals surface area contributed by atoms with Gasteiger partial charge in [0.2, 0.25) is 0 Å². The molecule has 1 aromatic carbocycles. The van der Waals surface area contributed by atoms with Crippen molar-refractivity contribution < 1.29 is 0 Å². The Bertz CT molecular complexity index is 529. The molecule has 0 amide bonds. The first-order chi connectivity index (χ1) is 9.24. The van der Waals surface area contributed by atoms with Gasteiger partial charge in [-0.05, 0) is 25.1 Å². The molecule has 4 nitrogen and oxygen atoms in total. The Morgan fingerprint density at radius 1 is 1.53 bits per heavy atom. The molecular formula is C13H17ClN4S. The predicted molar refractivity (Wildman–Crippen MR) is 80.1 cm³/mol. The molecule has 0 saturated carbocycles. The Morgan fingerprint density at radius 3 is 3.05 bits per heavy atom. The summed E-state index contributed by atoms with van der Waals surface area (Å²) in [6.45, 7) is 2.97. The minimum atomic E-state index is 0.0129. The van der Waals surface area contributed by atoms with Gasteiger partial charge >= 0.3 is 0 Å². The average Bonchev–Trinajstić information content (AvgIpc) is 2.88. The first-order valence-corrected chi connectivity index (χ1v) is 7.46. The van der Waals surface area contributed by atoms with Crippen LogP contribution in [0.4, 0.5) is 0 Å². The number of aromatic nitrogens is 2. The van der Waals surface area contributed by atoms with Crippen molar-refractivity contribution in [3.63, 3.8) is 0 Å². The van der Waals surface area contributed by atoms with Crippen molar-refractivity contribution in [1.82, 2.24) is 15.0 Å². The molecule has 0 aliphatic rings. The van der Waals surface area contributed by atoms with Gasteiger partial charge in [0.15, 0.2) is 0 Å². The molecule has 0 bridgehead atoms. The molecule has 3 N–H and O–H groups in total. The van der Waals surface area contributed by atoms with E-state index in [4.69, 9.17) is 17.4 Å². The van der Waals surface area contributed by atoms with Crippen LogP contribution < -0.4 is 11.3 Å². The molecule has 1 atom stereocenters. The summed E-state index contributed by atoms with van der Waals surface area (Å²) in [4.78, 5) is 5.50. The van der Waals surface area contributed by atoms with Crippen LogP contribution in [-0.2, 0) is 6.54 Å². The van der Waals surface area contributed by atoms with Crippen LogP contribution in [0, 0.1) is 0 Å². The lowest BCUT2D eigenvalue weighted by molar-refractivity contribution is 0.540. The van der Waals surface area contributed by atoms with Gasteiger partial charge in [-0.25, -0.2) is 10.4 Å². The lowest BCUT2D eigenvalue weighted by Crippen LogP contribution is -2.31. The van der Waals surface area contributed by atoms with Crippen LogP contribution in [0.3, 0.4) is 0 Å². The van der Waals surface area contributed by atoms with Gasteiger partial charge in [0, 0.05) is 34.6 Å². The number of hydrogen-bond acceptors (Lipinski definition) is 4. The zero-order chi connectivity index (χ0) is 13.7. The molecule has 1 aromatic heterocycles. The highest BCUT2D eigenvalue weighted by atomic mass is 35.5. The van der Waals surface area contributed by atoms with Crippen LogP contribution in [0.15, 0.2) is 41.6 Å². The molecule has 2 rings (SSSR count). The molecule has 0 aliphatic heterocycles. The largest absolute Gasteiger partial charge is 0.334 e. The Morgan fingerprint density at radius 2 is 2.37 bits per heavy atom. The monoisotopic (exact) mass is 296 g/mol. The molecule has 1 unspecified atom stereocenters. The summed E-state index contributed by atoms with van der Waals surface area (Å²) in [6.07, 6.45) is 3.76. The topological polar surface area (TPSA) is 55.9 Å². The lowest BCUT2D eigenvalue weighted by atomic mass is 10.3. The number of nitrogens with one attached hydrogen (secondary N) is 1. The van der Waals surface area contributed by atoms with Gasteiger partial charge in [0.25, 0.3) is 0 Å². The van der Waals surface area contributed by atoms with E-state index in [1.165, 1.54) is 0 Å². The second-order valence-electron chi connectivity index (χ2n) is 4.06. The summed E-state index contributed by atoms with van der Waals surface area (Å²) >= 11 is 7.68. The van der Waals surface area contributed by atoms with Crippen LogP contribution >= 0.6 is 23.4 Å². The van der Waals surface area contributed by atoms with E-state index >= 15 is 0 Å². The number of halogens is 1. The Balaban J connectivity index is 2.04. The number of aryl methyl sites for hydroxylation is 1. The lowest BCUT2D eigenvalue weighted by Gasteiger charge is -2.16. The summed E-state index contributed by atoms with van der Waals surface area (Å²) in [5.74, 6) is 7.40. The number of nitrogens with two attached hydrogens (primary N) is 1. The number of thioether (sulfide) groups is 1. The maximum Gasteiger partial charge on any atom is 0.128 e. The minimum Gasteiger partial charge on any atom is -0.334 e. The number of hydrogen-bond donors (Lipinski definition) is 2. The van der Waals surface area contributed by atoms with Crippen molar-refractivity contribution in [3.8, 4) is 0 Å². The fraction of sp³-hybridized carbons (Fsp3) is 0.308. The van der Waals surface area contributed by atoms with Crippen molar-refractivity contribution in [3.05, 3.63) is 47.5 Å². The molecular weight excluding hydrogens is 280 g/mol. The van der Waals surface area contributed by atoms with Crippen molar-refractivity contribution in [2.75, 3.05) is 5.75 Å². The van der Waals surface area contributed by atoms with Crippen LogP contribution in [0.2, 0.25) is 5.02 Å². The van der Waals surface area contributed by atoms with Gasteiger partial charge < -0.3 is 4.57 Å². The van der Waals surface area contributed by atoms with E-state index in [2.05, 4.69) is 21.9 Å². The standard InChI is InChI=1S/C13H17ClN4S/c1-2-18-7-6-16-13(18)12(17-15)9-19-11-5-3-4-10(14)8-11/h3-8,12,17H,2,9,15H2,1H3. The maximum atomic E-state index is 5.97. The zero-order valence-corrected chi connectivity index (χ0v) is 12.3. The van der Waals surface area contributed by atoms with Gasteiger partial charge in [0.1, 0.15) is 5.82 Å². The Labute approximate surface area is 122 Å². The Kier molecular flexibility index (Phi) is 5.27. The quantitative estimate of drug-likeness (QED) is 0.489. The fourth-order valence-corrected chi connectivity index (χ4v) is 3.08. The first kappa shape index (κ1) is 14.4. The molecule has 2 aromatic rings. The molecule has 0 aliphatic carbocycles. The van der Waals surface area contributed by atoms with Crippen LogP contribution in [0.25, 0.3) is 0 Å². The van der Waals surface area contributed by atoms with Gasteiger partial charge in [-0.15, -0.1) is 11.8 Å². The maximum absolute atomic E-state index is 5.97. The smallest absolute Gasteiger partial charge is 0.128 e. The van der Waals surface area contributed by atoms with E-state index in [0.29, 0.717) is 0 Å². The number of nitrogens with zero attached hydrogens (tertiary/aromatic N) is 2. The van der Waals surface area contributed by atoms with E-state index in [-0.39, 0.29) is 6.04 Å². The third-order valence-corrected chi connectivity index (χ3v) is 4.14. The van der Waals surface area contributed by atoms with E-state index in [9.17, 15) is 0 Å². The SMILES string of the molecule is CCn1ccnc1C(CSc1cccc(Cl)c1)NN. The molecule has 0 fully saturated rings. The normalized spacial score (nSPS) is 12.6. The van der Waals surface area contributed by atoms with Crippen molar-refractivity contribution in [1.29, 1.82) is 0 Å². The number of hydrazine groups is 1. The summed E-state index contributed by atoms with van der Waals surface area (Å²) < 4.78 is 2.09. The molecule has 19 heavy (non-hydrogen) atoms. The number of benzene rings is 1. The van der Waals surface area contributed by atoms with Gasteiger partial charge in [0.05, 0.1) is 6.04 Å². The van der Waals surface area contributed by atoms with Crippen molar-refractivity contribution in [2.24, 2.45) is 5.84 Å². The number of rotatable bonds is 6. The van der Waals surface area contributed by atoms with Gasteiger partial charge in [-0.3, -0.25) is 5.84 Å². The summed E-state index contributed by atoms with van der Waals surface area (Å²) in [6, 6.07) is 7.82. The Hall–Kier alpha value is -1.01. The molecule has 0 radical (unpaired) electrons. The highest BCUT2D eigenvalue weighted by Crippen LogP contribution is 2.25. The third-order valence-electron chi connectivity index (χ3n) is 2.81. The summed E-state index contributed by atoms with van der Waals surface area (Å²) in [5.41, 5.74) is 2.83. The van der Waals surface area contributed by atoms with E-state index in [0.717, 1.165) is 28.0 Å². The summed E-state index contributed by atoms with van der Waals surface area (Å²) in [7, 11) is 0. The second kappa shape index (κ2) is 6.96. The average molecular weight is 297 g/mol. The molecule has 1 heterocycles. The molecule has 0 saturated heterocycles. The van der Waals surface area contributed by atoms with E-state index in [1.54, 1.807) is 18.0 Å². The minimum absolute atomic E-state index is 0.0129. The first-order valence-electron chi connectivity index (χ1n) is 6.10.